The van der Waals surface area contributed by atoms with E-state index in [1.54, 1.807) is 31.2 Å². The van der Waals surface area contributed by atoms with Crippen LogP contribution in [0.4, 0.5) is 0 Å². The fraction of sp³-hybridized carbons (Fsp3) is 0.467. The molecule has 0 aromatic heterocycles. The lowest BCUT2D eigenvalue weighted by Crippen LogP contribution is -2.38. The van der Waals surface area contributed by atoms with E-state index >= 15 is 0 Å². The highest BCUT2D eigenvalue weighted by molar-refractivity contribution is 5.83. The van der Waals surface area contributed by atoms with E-state index < -0.39 is 5.97 Å². The molecule has 0 N–H and O–H groups in total. The first-order valence-corrected chi connectivity index (χ1v) is 6.80. The van der Waals surface area contributed by atoms with Gasteiger partial charge in [0.1, 0.15) is 18.0 Å². The second-order valence-electron chi connectivity index (χ2n) is 4.18. The molecule has 1 aromatic carbocycles. The molecule has 0 heterocycles. The molecule has 0 spiro atoms. The minimum Gasteiger partial charge on any atom is -0.494 e. The van der Waals surface area contributed by atoms with Crippen LogP contribution in [0.3, 0.4) is 0 Å². The zero-order chi connectivity index (χ0) is 15.7. The number of rotatable bonds is 8. The molecule has 21 heavy (non-hydrogen) atoms. The molecule has 6 heteroatoms. The molecule has 0 saturated heterocycles. The molecule has 6 nitrogen and oxygen atoms in total. The second-order valence-corrected chi connectivity index (χ2v) is 4.18. The van der Waals surface area contributed by atoms with Crippen LogP contribution < -0.4 is 9.47 Å². The molecule has 0 atom stereocenters. The van der Waals surface area contributed by atoms with Crippen molar-refractivity contribution in [1.82, 2.24) is 4.90 Å². The third kappa shape index (κ3) is 5.72. The normalized spacial score (nSPS) is 9.86. The molecular formula is C15H21NO5. The smallest absolute Gasteiger partial charge is 0.325 e. The predicted molar refractivity (Wildman–Crippen MR) is 77.4 cm³/mol. The minimum absolute atomic E-state index is 0.0710. The Bertz CT molecular complexity index is 458. The Balaban J connectivity index is 2.48. The van der Waals surface area contributed by atoms with E-state index in [9.17, 15) is 9.59 Å². The van der Waals surface area contributed by atoms with Gasteiger partial charge < -0.3 is 19.1 Å². The van der Waals surface area contributed by atoms with Crippen molar-refractivity contribution >= 4 is 11.9 Å². The van der Waals surface area contributed by atoms with Crippen LogP contribution in [0.2, 0.25) is 0 Å². The number of likely N-dealkylation sites (N-methyl/N-ethyl adjacent to an activating group) is 1. The van der Waals surface area contributed by atoms with Gasteiger partial charge in [-0.05, 0) is 38.1 Å². The summed E-state index contributed by atoms with van der Waals surface area (Å²) in [4.78, 5) is 24.5. The number of esters is 1. The van der Waals surface area contributed by atoms with Crippen LogP contribution in [0.5, 0.6) is 11.5 Å². The molecule has 0 bridgehead atoms. The summed E-state index contributed by atoms with van der Waals surface area (Å²) in [6.45, 7) is 4.51. The lowest BCUT2D eigenvalue weighted by molar-refractivity contribution is -0.147. The summed E-state index contributed by atoms with van der Waals surface area (Å²) in [6, 6.07) is 7.01. The Morgan fingerprint density at radius 3 is 2.10 bits per heavy atom. The van der Waals surface area contributed by atoms with Crippen LogP contribution >= 0.6 is 0 Å². The lowest BCUT2D eigenvalue weighted by Gasteiger charge is -2.19. The number of amides is 1. The van der Waals surface area contributed by atoms with E-state index in [0.29, 0.717) is 18.9 Å². The number of carbonyl (C=O) groups excluding carboxylic acids is 2. The van der Waals surface area contributed by atoms with Crippen molar-refractivity contribution in [2.75, 3.05) is 33.4 Å². The maximum Gasteiger partial charge on any atom is 0.325 e. The van der Waals surface area contributed by atoms with Crippen molar-refractivity contribution in [2.45, 2.75) is 13.8 Å². The van der Waals surface area contributed by atoms with Crippen LogP contribution in [0.1, 0.15) is 13.8 Å². The number of nitrogens with zero attached hydrogens (tertiary/aromatic N) is 1. The maximum atomic E-state index is 11.9. The van der Waals surface area contributed by atoms with Gasteiger partial charge in [-0.15, -0.1) is 0 Å². The predicted octanol–water partition coefficient (Wildman–Crippen LogP) is 1.49. The summed E-state index contributed by atoms with van der Waals surface area (Å²) in [5.74, 6) is 0.598. The maximum absolute atomic E-state index is 11.9. The number of carbonyl (C=O) groups is 2. The van der Waals surface area contributed by atoms with Gasteiger partial charge >= 0.3 is 5.97 Å². The van der Waals surface area contributed by atoms with Crippen LogP contribution in [0.15, 0.2) is 24.3 Å². The van der Waals surface area contributed by atoms with Gasteiger partial charge in [0.05, 0.1) is 13.7 Å². The van der Waals surface area contributed by atoms with E-state index in [2.05, 4.69) is 4.74 Å². The van der Waals surface area contributed by atoms with Crippen molar-refractivity contribution in [3.8, 4) is 11.5 Å². The molecule has 0 aliphatic rings. The molecule has 1 amide bonds. The quantitative estimate of drug-likeness (QED) is 0.680. The van der Waals surface area contributed by atoms with E-state index in [1.165, 1.54) is 12.0 Å². The topological polar surface area (TPSA) is 65.1 Å². The molecule has 0 radical (unpaired) electrons. The highest BCUT2D eigenvalue weighted by Crippen LogP contribution is 2.17. The molecule has 0 unspecified atom stereocenters. The van der Waals surface area contributed by atoms with Crippen molar-refractivity contribution in [1.29, 1.82) is 0 Å². The largest absolute Gasteiger partial charge is 0.494 e. The van der Waals surface area contributed by atoms with E-state index in [1.807, 2.05) is 6.92 Å². The summed E-state index contributed by atoms with van der Waals surface area (Å²) < 4.78 is 15.3. The van der Waals surface area contributed by atoms with Crippen molar-refractivity contribution in [2.24, 2.45) is 0 Å². The molecular weight excluding hydrogens is 274 g/mol. The van der Waals surface area contributed by atoms with Crippen LogP contribution in [-0.2, 0) is 14.3 Å². The summed E-state index contributed by atoms with van der Waals surface area (Å²) in [5.41, 5.74) is 0. The van der Waals surface area contributed by atoms with Crippen LogP contribution in [0, 0.1) is 0 Å². The fourth-order valence-electron chi connectivity index (χ4n) is 1.63. The summed E-state index contributed by atoms with van der Waals surface area (Å²) in [7, 11) is 1.29. The van der Waals surface area contributed by atoms with Gasteiger partial charge in [0.2, 0.25) is 0 Å². The third-order valence-corrected chi connectivity index (χ3v) is 2.78. The number of ether oxygens (including phenoxy) is 3. The van der Waals surface area contributed by atoms with Gasteiger partial charge in [-0.2, -0.15) is 0 Å². The van der Waals surface area contributed by atoms with E-state index in [4.69, 9.17) is 9.47 Å². The molecule has 0 fully saturated rings. The van der Waals surface area contributed by atoms with Gasteiger partial charge in [-0.1, -0.05) is 0 Å². The minimum atomic E-state index is -0.453. The first-order valence-electron chi connectivity index (χ1n) is 6.80. The monoisotopic (exact) mass is 295 g/mol. The Kier molecular flexibility index (Phi) is 7.08. The van der Waals surface area contributed by atoms with Crippen molar-refractivity contribution < 1.29 is 23.8 Å². The van der Waals surface area contributed by atoms with Crippen LogP contribution in [0.25, 0.3) is 0 Å². The first kappa shape index (κ1) is 16.8. The number of hydrogen-bond donors (Lipinski definition) is 0. The average Bonchev–Trinajstić information content (AvgIpc) is 2.51. The van der Waals surface area contributed by atoms with E-state index in [0.717, 1.165) is 5.75 Å². The standard InChI is InChI=1S/C15H21NO5/c1-4-16(10-15(18)19-3)14(17)11-21-13-8-6-12(7-9-13)20-5-2/h6-9H,4-5,10-11H2,1-3H3. The molecule has 1 rings (SSSR count). The number of hydrogen-bond acceptors (Lipinski definition) is 5. The molecule has 1 aromatic rings. The molecule has 0 saturated carbocycles. The van der Waals surface area contributed by atoms with Gasteiger partial charge in [-0.25, -0.2) is 0 Å². The molecule has 0 aliphatic heterocycles. The Morgan fingerprint density at radius 1 is 1.05 bits per heavy atom. The Hall–Kier alpha value is -2.24. The molecule has 0 aliphatic carbocycles. The van der Waals surface area contributed by atoms with Gasteiger partial charge in [0, 0.05) is 6.54 Å². The zero-order valence-corrected chi connectivity index (χ0v) is 12.6. The third-order valence-electron chi connectivity index (χ3n) is 2.78. The summed E-state index contributed by atoms with van der Waals surface area (Å²) in [5, 5.41) is 0. The average molecular weight is 295 g/mol. The highest BCUT2D eigenvalue weighted by atomic mass is 16.5. The van der Waals surface area contributed by atoms with Crippen LogP contribution in [-0.4, -0.2) is 50.2 Å². The van der Waals surface area contributed by atoms with Crippen molar-refractivity contribution in [3.63, 3.8) is 0 Å². The Morgan fingerprint density at radius 2 is 1.62 bits per heavy atom. The lowest BCUT2D eigenvalue weighted by atomic mass is 10.3. The van der Waals surface area contributed by atoms with E-state index in [-0.39, 0.29) is 19.1 Å². The number of methoxy groups -OCH3 is 1. The first-order chi connectivity index (χ1) is 10.1. The SMILES string of the molecule is CCOc1ccc(OCC(=O)N(CC)CC(=O)OC)cc1. The fourth-order valence-corrected chi connectivity index (χ4v) is 1.63. The second kappa shape index (κ2) is 8.84. The summed E-state index contributed by atoms with van der Waals surface area (Å²) in [6.07, 6.45) is 0. The van der Waals surface area contributed by atoms with Crippen molar-refractivity contribution in [3.05, 3.63) is 24.3 Å². The Labute approximate surface area is 124 Å². The highest BCUT2D eigenvalue weighted by Gasteiger charge is 2.16. The molecule has 116 valence electrons. The van der Waals surface area contributed by atoms with Gasteiger partial charge in [0.25, 0.3) is 5.91 Å². The van der Waals surface area contributed by atoms with Gasteiger partial charge in [0.15, 0.2) is 6.61 Å². The summed E-state index contributed by atoms with van der Waals surface area (Å²) >= 11 is 0. The van der Waals surface area contributed by atoms with Gasteiger partial charge in [-0.3, -0.25) is 9.59 Å². The number of benzene rings is 1. The zero-order valence-electron chi connectivity index (χ0n) is 12.6.